The molecule has 0 aliphatic heterocycles. The Hall–Kier alpha value is -2.06. The minimum atomic E-state index is -0.306. The summed E-state index contributed by atoms with van der Waals surface area (Å²) in [7, 11) is 0. The fourth-order valence-corrected chi connectivity index (χ4v) is 1.61. The van der Waals surface area contributed by atoms with Crippen molar-refractivity contribution in [2.75, 3.05) is 13.1 Å². The molecular weight excluding hydrogens is 266 g/mol. The molecule has 0 unspecified atom stereocenters. The molecule has 1 rings (SSSR count). The Bertz CT molecular complexity index is 497. The maximum atomic E-state index is 11.7. The molecule has 5 nitrogen and oxygen atoms in total. The molecule has 1 aromatic carbocycles. The van der Waals surface area contributed by atoms with Crippen molar-refractivity contribution in [3.8, 4) is 6.07 Å². The lowest BCUT2D eigenvalue weighted by Gasteiger charge is -2.07. The van der Waals surface area contributed by atoms with E-state index in [9.17, 15) is 9.59 Å². The molecule has 6 heteroatoms. The molecule has 0 atom stereocenters. The highest BCUT2D eigenvalue weighted by Crippen LogP contribution is 2.14. The van der Waals surface area contributed by atoms with Gasteiger partial charge in [0, 0.05) is 13.1 Å². The molecular formula is C13H14ClN3O2. The van der Waals surface area contributed by atoms with Crippen LogP contribution in [0.15, 0.2) is 24.3 Å². The van der Waals surface area contributed by atoms with E-state index < -0.39 is 0 Å². The molecule has 0 saturated heterocycles. The van der Waals surface area contributed by atoms with Crippen LogP contribution in [0.3, 0.4) is 0 Å². The van der Waals surface area contributed by atoms with Crippen LogP contribution in [0, 0.1) is 11.3 Å². The summed E-state index contributed by atoms with van der Waals surface area (Å²) in [6.45, 7) is 0.847. The summed E-state index contributed by atoms with van der Waals surface area (Å²) >= 11 is 5.89. The molecule has 0 fully saturated rings. The summed E-state index contributed by atoms with van der Waals surface area (Å²) < 4.78 is 0. The number of amides is 2. The lowest BCUT2D eigenvalue weighted by molar-refractivity contribution is -0.120. The number of hydrogen-bond donors (Lipinski definition) is 2. The van der Waals surface area contributed by atoms with Crippen molar-refractivity contribution in [1.82, 2.24) is 10.6 Å². The third kappa shape index (κ3) is 5.40. The first-order chi connectivity index (χ1) is 9.15. The molecule has 0 aromatic heterocycles. The Kier molecular flexibility index (Phi) is 6.41. The summed E-state index contributed by atoms with van der Waals surface area (Å²) in [5.41, 5.74) is 0.428. The number of rotatable bonds is 6. The van der Waals surface area contributed by atoms with Gasteiger partial charge in [0.25, 0.3) is 5.91 Å². The molecule has 0 radical (unpaired) electrons. The summed E-state index contributed by atoms with van der Waals surface area (Å²) in [6.07, 6.45) is 0.444. The minimum absolute atomic E-state index is 0.147. The van der Waals surface area contributed by atoms with Crippen LogP contribution in [0.5, 0.6) is 0 Å². The Balaban J connectivity index is 2.24. The Morgan fingerprint density at radius 1 is 1.21 bits per heavy atom. The van der Waals surface area contributed by atoms with Crippen molar-refractivity contribution >= 4 is 23.4 Å². The van der Waals surface area contributed by atoms with E-state index >= 15 is 0 Å². The zero-order valence-corrected chi connectivity index (χ0v) is 11.0. The number of nitrogens with one attached hydrogen (secondary N) is 2. The van der Waals surface area contributed by atoms with Crippen LogP contribution in [0.1, 0.15) is 23.2 Å². The largest absolute Gasteiger partial charge is 0.355 e. The highest BCUT2D eigenvalue weighted by atomic mass is 35.5. The zero-order chi connectivity index (χ0) is 14.1. The highest BCUT2D eigenvalue weighted by Gasteiger charge is 2.08. The quantitative estimate of drug-likeness (QED) is 0.774. The smallest absolute Gasteiger partial charge is 0.252 e. The molecule has 2 amide bonds. The van der Waals surface area contributed by atoms with Crippen LogP contribution in [0.25, 0.3) is 0 Å². The van der Waals surface area contributed by atoms with Gasteiger partial charge in [0.2, 0.25) is 5.91 Å². The number of carbonyl (C=O) groups excluding carboxylic acids is 2. The van der Waals surface area contributed by atoms with Gasteiger partial charge in [0.05, 0.1) is 16.7 Å². The van der Waals surface area contributed by atoms with E-state index in [4.69, 9.17) is 16.9 Å². The van der Waals surface area contributed by atoms with Gasteiger partial charge in [0.1, 0.15) is 6.42 Å². The second kappa shape index (κ2) is 8.11. The average Bonchev–Trinajstić information content (AvgIpc) is 2.39. The summed E-state index contributed by atoms with van der Waals surface area (Å²) in [4.78, 5) is 22.7. The zero-order valence-electron chi connectivity index (χ0n) is 10.3. The molecule has 19 heavy (non-hydrogen) atoms. The van der Waals surface area contributed by atoms with Gasteiger partial charge in [0.15, 0.2) is 0 Å². The topological polar surface area (TPSA) is 82.0 Å². The molecule has 100 valence electrons. The number of hydrogen-bond acceptors (Lipinski definition) is 3. The summed E-state index contributed by atoms with van der Waals surface area (Å²) in [6, 6.07) is 8.55. The monoisotopic (exact) mass is 279 g/mol. The second-order valence-corrected chi connectivity index (χ2v) is 4.18. The highest BCUT2D eigenvalue weighted by molar-refractivity contribution is 6.33. The molecule has 0 saturated carbocycles. The van der Waals surface area contributed by atoms with Crippen LogP contribution in [0.4, 0.5) is 0 Å². The van der Waals surface area contributed by atoms with E-state index in [0.717, 1.165) is 0 Å². The molecule has 0 aliphatic rings. The van der Waals surface area contributed by atoms with Gasteiger partial charge in [-0.3, -0.25) is 9.59 Å². The number of carbonyl (C=O) groups is 2. The predicted octanol–water partition coefficient (Wildman–Crippen LogP) is 1.49. The van der Waals surface area contributed by atoms with E-state index in [1.54, 1.807) is 30.3 Å². The van der Waals surface area contributed by atoms with E-state index in [0.29, 0.717) is 30.1 Å². The molecule has 0 spiro atoms. The van der Waals surface area contributed by atoms with E-state index in [2.05, 4.69) is 10.6 Å². The third-order valence-electron chi connectivity index (χ3n) is 2.32. The first-order valence-electron chi connectivity index (χ1n) is 5.81. The van der Waals surface area contributed by atoms with Crippen LogP contribution in [-0.4, -0.2) is 24.9 Å². The van der Waals surface area contributed by atoms with Gasteiger partial charge in [-0.1, -0.05) is 23.7 Å². The number of nitrogens with zero attached hydrogens (tertiary/aromatic N) is 1. The van der Waals surface area contributed by atoms with E-state index in [1.807, 2.05) is 0 Å². The lowest BCUT2D eigenvalue weighted by atomic mass is 10.2. The van der Waals surface area contributed by atoms with Gasteiger partial charge in [-0.15, -0.1) is 0 Å². The second-order valence-electron chi connectivity index (χ2n) is 3.77. The fourth-order valence-electron chi connectivity index (χ4n) is 1.39. The van der Waals surface area contributed by atoms with Crippen LogP contribution >= 0.6 is 11.6 Å². The van der Waals surface area contributed by atoms with Crippen molar-refractivity contribution in [3.05, 3.63) is 34.9 Å². The fraction of sp³-hybridized carbons (Fsp3) is 0.308. The molecule has 0 bridgehead atoms. The average molecular weight is 280 g/mol. The van der Waals surface area contributed by atoms with Crippen LogP contribution < -0.4 is 10.6 Å². The van der Waals surface area contributed by atoms with Gasteiger partial charge in [-0.05, 0) is 18.6 Å². The van der Waals surface area contributed by atoms with E-state index in [1.165, 1.54) is 0 Å². The van der Waals surface area contributed by atoms with Gasteiger partial charge in [-0.25, -0.2) is 0 Å². The van der Waals surface area contributed by atoms with Crippen molar-refractivity contribution < 1.29 is 9.59 Å². The molecule has 2 N–H and O–H groups in total. The third-order valence-corrected chi connectivity index (χ3v) is 2.65. The Morgan fingerprint density at radius 2 is 1.89 bits per heavy atom. The normalized spacial score (nSPS) is 9.47. The number of nitriles is 1. The lowest BCUT2D eigenvalue weighted by Crippen LogP contribution is -2.29. The van der Waals surface area contributed by atoms with Gasteiger partial charge in [-0.2, -0.15) is 5.26 Å². The SMILES string of the molecule is N#CCC(=O)NCCCNC(=O)c1ccccc1Cl. The summed E-state index contributed by atoms with van der Waals surface area (Å²) in [5.74, 6) is -0.547. The first-order valence-corrected chi connectivity index (χ1v) is 6.19. The first kappa shape index (κ1) is 15.0. The molecule has 0 heterocycles. The maximum Gasteiger partial charge on any atom is 0.252 e. The van der Waals surface area contributed by atoms with Crippen LogP contribution in [0.2, 0.25) is 5.02 Å². The van der Waals surface area contributed by atoms with Gasteiger partial charge >= 0.3 is 0 Å². The van der Waals surface area contributed by atoms with Crippen molar-refractivity contribution in [2.24, 2.45) is 0 Å². The van der Waals surface area contributed by atoms with Crippen molar-refractivity contribution in [1.29, 1.82) is 5.26 Å². The van der Waals surface area contributed by atoms with Crippen LogP contribution in [-0.2, 0) is 4.79 Å². The standard InChI is InChI=1S/C13H14ClN3O2/c14-11-5-2-1-4-10(11)13(19)17-9-3-8-16-12(18)6-7-15/h1-2,4-5H,3,6,8-9H2,(H,16,18)(H,17,19). The molecule has 0 aliphatic carbocycles. The molecule has 1 aromatic rings. The van der Waals surface area contributed by atoms with E-state index in [-0.39, 0.29) is 18.2 Å². The Labute approximate surface area is 116 Å². The minimum Gasteiger partial charge on any atom is -0.355 e. The predicted molar refractivity (Wildman–Crippen MR) is 71.6 cm³/mol. The maximum absolute atomic E-state index is 11.7. The Morgan fingerprint density at radius 3 is 2.58 bits per heavy atom. The van der Waals surface area contributed by atoms with Gasteiger partial charge < -0.3 is 10.6 Å². The number of halogens is 1. The number of benzene rings is 1. The summed E-state index contributed by atoms with van der Waals surface area (Å²) in [5, 5.41) is 14.0. The van der Waals surface area contributed by atoms with Crippen molar-refractivity contribution in [3.63, 3.8) is 0 Å². The van der Waals surface area contributed by atoms with Crippen molar-refractivity contribution in [2.45, 2.75) is 12.8 Å².